The molecule has 1 aliphatic carbocycles. The van der Waals surface area contributed by atoms with Crippen LogP contribution >= 0.6 is 12.2 Å². The van der Waals surface area contributed by atoms with Crippen molar-refractivity contribution in [3.8, 4) is 0 Å². The molecular formula is C16H22N2OS. The molecule has 3 nitrogen and oxygen atoms in total. The minimum absolute atomic E-state index is 0.0524. The Labute approximate surface area is 125 Å². The van der Waals surface area contributed by atoms with Crippen LogP contribution in [0, 0.1) is 5.41 Å². The average Bonchev–Trinajstić information content (AvgIpc) is 2.89. The molecule has 1 fully saturated rings. The Hall–Kier alpha value is -1.42. The van der Waals surface area contributed by atoms with E-state index in [-0.39, 0.29) is 5.91 Å². The molecule has 3 N–H and O–H groups in total. The first kappa shape index (κ1) is 15.0. The Bertz CT molecular complexity index is 519. The third-order valence-electron chi connectivity index (χ3n) is 4.17. The Morgan fingerprint density at radius 1 is 1.35 bits per heavy atom. The SMILES string of the molecule is CC(C)c1cccc(NC(=O)C2(C(N)=S)CCCC2)c1. The summed E-state index contributed by atoms with van der Waals surface area (Å²) in [5.74, 6) is 0.381. The van der Waals surface area contributed by atoms with E-state index in [1.165, 1.54) is 5.56 Å². The fourth-order valence-corrected chi connectivity index (χ4v) is 3.09. The third-order valence-corrected chi connectivity index (χ3v) is 4.57. The number of amides is 1. The van der Waals surface area contributed by atoms with Gasteiger partial charge in [0.15, 0.2) is 0 Å². The van der Waals surface area contributed by atoms with Crippen molar-refractivity contribution in [3.05, 3.63) is 29.8 Å². The summed E-state index contributed by atoms with van der Waals surface area (Å²) in [4.78, 5) is 12.9. The normalized spacial score (nSPS) is 17.1. The van der Waals surface area contributed by atoms with E-state index in [4.69, 9.17) is 18.0 Å². The van der Waals surface area contributed by atoms with E-state index in [1.807, 2.05) is 18.2 Å². The Morgan fingerprint density at radius 3 is 2.55 bits per heavy atom. The Morgan fingerprint density at radius 2 is 2.00 bits per heavy atom. The maximum Gasteiger partial charge on any atom is 0.237 e. The van der Waals surface area contributed by atoms with Gasteiger partial charge in [0, 0.05) is 5.69 Å². The fourth-order valence-electron chi connectivity index (χ4n) is 2.79. The number of carbonyl (C=O) groups is 1. The molecule has 20 heavy (non-hydrogen) atoms. The van der Waals surface area contributed by atoms with Crippen LogP contribution in [-0.4, -0.2) is 10.9 Å². The van der Waals surface area contributed by atoms with E-state index >= 15 is 0 Å². The summed E-state index contributed by atoms with van der Waals surface area (Å²) in [6, 6.07) is 7.96. The summed E-state index contributed by atoms with van der Waals surface area (Å²) in [5, 5.41) is 2.99. The molecule has 0 aromatic heterocycles. The number of thiocarbonyl (C=S) groups is 1. The number of hydrogen-bond acceptors (Lipinski definition) is 2. The number of anilines is 1. The minimum atomic E-state index is -0.650. The summed E-state index contributed by atoms with van der Waals surface area (Å²) in [6.07, 6.45) is 3.55. The van der Waals surface area contributed by atoms with Crippen molar-refractivity contribution in [2.24, 2.45) is 11.1 Å². The molecule has 1 aromatic rings. The van der Waals surface area contributed by atoms with E-state index in [9.17, 15) is 4.79 Å². The molecule has 108 valence electrons. The summed E-state index contributed by atoms with van der Waals surface area (Å²) in [7, 11) is 0. The van der Waals surface area contributed by atoms with Gasteiger partial charge in [-0.1, -0.05) is 51.0 Å². The van der Waals surface area contributed by atoms with E-state index in [2.05, 4.69) is 25.2 Å². The van der Waals surface area contributed by atoms with E-state index in [1.54, 1.807) is 0 Å². The molecule has 2 rings (SSSR count). The second kappa shape index (κ2) is 5.92. The molecule has 0 heterocycles. The lowest BCUT2D eigenvalue weighted by Crippen LogP contribution is -2.43. The van der Waals surface area contributed by atoms with E-state index < -0.39 is 5.41 Å². The van der Waals surface area contributed by atoms with Gasteiger partial charge in [-0.15, -0.1) is 0 Å². The van der Waals surface area contributed by atoms with Crippen LogP contribution in [0.4, 0.5) is 5.69 Å². The first-order valence-corrected chi connectivity index (χ1v) is 7.58. The van der Waals surface area contributed by atoms with E-state index in [0.717, 1.165) is 31.4 Å². The first-order valence-electron chi connectivity index (χ1n) is 7.17. The van der Waals surface area contributed by atoms with Crippen molar-refractivity contribution in [3.63, 3.8) is 0 Å². The topological polar surface area (TPSA) is 55.1 Å². The average molecular weight is 290 g/mol. The minimum Gasteiger partial charge on any atom is -0.392 e. The number of carbonyl (C=O) groups excluding carboxylic acids is 1. The summed E-state index contributed by atoms with van der Waals surface area (Å²) >= 11 is 5.14. The maximum atomic E-state index is 12.6. The van der Waals surface area contributed by atoms with Crippen molar-refractivity contribution >= 4 is 28.8 Å². The first-order chi connectivity index (χ1) is 9.45. The molecule has 0 radical (unpaired) electrons. The van der Waals surface area contributed by atoms with Crippen molar-refractivity contribution in [1.82, 2.24) is 0 Å². The van der Waals surface area contributed by atoms with Gasteiger partial charge in [-0.3, -0.25) is 4.79 Å². The predicted octanol–water partition coefficient (Wildman–Crippen LogP) is 3.60. The number of benzene rings is 1. The standard InChI is InChI=1S/C16H22N2OS/c1-11(2)12-6-5-7-13(10-12)18-15(19)16(14(17)20)8-3-4-9-16/h5-7,10-11H,3-4,8-9H2,1-2H3,(H2,17,20)(H,18,19). The Balaban J connectivity index is 2.19. The van der Waals surface area contributed by atoms with Gasteiger partial charge in [-0.2, -0.15) is 0 Å². The fraction of sp³-hybridized carbons (Fsp3) is 0.500. The largest absolute Gasteiger partial charge is 0.392 e. The molecule has 1 aliphatic rings. The lowest BCUT2D eigenvalue weighted by atomic mass is 9.85. The Kier molecular flexibility index (Phi) is 4.43. The van der Waals surface area contributed by atoms with Crippen LogP contribution in [0.15, 0.2) is 24.3 Å². The molecule has 0 atom stereocenters. The summed E-state index contributed by atoms with van der Waals surface area (Å²) in [5.41, 5.74) is 7.22. The zero-order valence-electron chi connectivity index (χ0n) is 12.1. The highest BCUT2D eigenvalue weighted by Gasteiger charge is 2.43. The van der Waals surface area contributed by atoms with Gasteiger partial charge in [0.2, 0.25) is 5.91 Å². The van der Waals surface area contributed by atoms with Crippen LogP contribution < -0.4 is 11.1 Å². The lowest BCUT2D eigenvalue weighted by molar-refractivity contribution is -0.122. The highest BCUT2D eigenvalue weighted by molar-refractivity contribution is 7.80. The zero-order chi connectivity index (χ0) is 14.8. The molecule has 0 saturated heterocycles. The van der Waals surface area contributed by atoms with Gasteiger partial charge in [0.25, 0.3) is 0 Å². The number of rotatable bonds is 4. The lowest BCUT2D eigenvalue weighted by Gasteiger charge is -2.26. The van der Waals surface area contributed by atoms with Gasteiger partial charge in [0.05, 0.1) is 10.4 Å². The molecule has 4 heteroatoms. The highest BCUT2D eigenvalue weighted by Crippen LogP contribution is 2.39. The maximum absolute atomic E-state index is 12.6. The molecule has 0 bridgehead atoms. The van der Waals surface area contributed by atoms with Crippen molar-refractivity contribution in [1.29, 1.82) is 0 Å². The summed E-state index contributed by atoms with van der Waals surface area (Å²) in [6.45, 7) is 4.27. The van der Waals surface area contributed by atoms with Crippen molar-refractivity contribution in [2.45, 2.75) is 45.4 Å². The zero-order valence-corrected chi connectivity index (χ0v) is 12.9. The second-order valence-electron chi connectivity index (χ2n) is 5.89. The van der Waals surface area contributed by atoms with Crippen molar-refractivity contribution in [2.75, 3.05) is 5.32 Å². The smallest absolute Gasteiger partial charge is 0.237 e. The monoisotopic (exact) mass is 290 g/mol. The molecule has 1 aromatic carbocycles. The summed E-state index contributed by atoms with van der Waals surface area (Å²) < 4.78 is 0. The molecule has 1 amide bonds. The molecule has 0 aliphatic heterocycles. The van der Waals surface area contributed by atoms with Gasteiger partial charge in [0.1, 0.15) is 0 Å². The number of nitrogens with one attached hydrogen (secondary N) is 1. The van der Waals surface area contributed by atoms with Crippen LogP contribution in [0.1, 0.15) is 51.0 Å². The second-order valence-corrected chi connectivity index (χ2v) is 6.33. The van der Waals surface area contributed by atoms with Gasteiger partial charge in [-0.05, 0) is 36.5 Å². The predicted molar refractivity (Wildman–Crippen MR) is 86.8 cm³/mol. The van der Waals surface area contributed by atoms with E-state index in [0.29, 0.717) is 10.9 Å². The third kappa shape index (κ3) is 2.85. The molecule has 1 saturated carbocycles. The van der Waals surface area contributed by atoms with Crippen LogP contribution in [0.25, 0.3) is 0 Å². The van der Waals surface area contributed by atoms with Gasteiger partial charge >= 0.3 is 0 Å². The number of hydrogen-bond donors (Lipinski definition) is 2. The van der Waals surface area contributed by atoms with Gasteiger partial charge < -0.3 is 11.1 Å². The van der Waals surface area contributed by atoms with Crippen LogP contribution in [0.3, 0.4) is 0 Å². The van der Waals surface area contributed by atoms with Crippen LogP contribution in [0.5, 0.6) is 0 Å². The molecule has 0 unspecified atom stereocenters. The molecule has 0 spiro atoms. The van der Waals surface area contributed by atoms with Gasteiger partial charge in [-0.25, -0.2) is 0 Å². The quantitative estimate of drug-likeness (QED) is 0.833. The van der Waals surface area contributed by atoms with Crippen LogP contribution in [-0.2, 0) is 4.79 Å². The highest BCUT2D eigenvalue weighted by atomic mass is 32.1. The molecular weight excluding hydrogens is 268 g/mol. The van der Waals surface area contributed by atoms with Crippen molar-refractivity contribution < 1.29 is 4.79 Å². The number of nitrogens with two attached hydrogens (primary N) is 1. The van der Waals surface area contributed by atoms with Crippen LogP contribution in [0.2, 0.25) is 0 Å².